The third-order valence-corrected chi connectivity index (χ3v) is 3.84. The van der Waals surface area contributed by atoms with Crippen LogP contribution in [0.1, 0.15) is 41.2 Å². The maximum Gasteiger partial charge on any atom is -0.0250 e. The molecule has 0 saturated heterocycles. The molecule has 0 heteroatoms. The fourth-order valence-electron chi connectivity index (χ4n) is 2.62. The van der Waals surface area contributed by atoms with Crippen molar-refractivity contribution >= 4 is 0 Å². The Balaban J connectivity index is 2.54. The monoisotopic (exact) mass is 188 g/mol. The Bertz CT molecular complexity index is 361. The fourth-order valence-corrected chi connectivity index (χ4v) is 2.62. The van der Waals surface area contributed by atoms with Crippen LogP contribution in [0.2, 0.25) is 0 Å². The van der Waals surface area contributed by atoms with E-state index in [0.717, 1.165) is 5.92 Å². The molecule has 76 valence electrons. The molecule has 1 aromatic carbocycles. The van der Waals surface area contributed by atoms with Gasteiger partial charge in [0.1, 0.15) is 0 Å². The van der Waals surface area contributed by atoms with E-state index in [9.17, 15) is 0 Å². The van der Waals surface area contributed by atoms with Gasteiger partial charge in [-0.3, -0.25) is 0 Å². The molecule has 1 aliphatic carbocycles. The van der Waals surface area contributed by atoms with E-state index in [0.29, 0.717) is 0 Å². The van der Waals surface area contributed by atoms with Crippen molar-refractivity contribution in [3.63, 3.8) is 0 Å². The summed E-state index contributed by atoms with van der Waals surface area (Å²) in [7, 11) is 0. The molecule has 0 nitrogen and oxygen atoms in total. The maximum atomic E-state index is 2.41. The molecule has 0 fully saturated rings. The first-order chi connectivity index (χ1) is 6.59. The minimum absolute atomic E-state index is 0.879. The Morgan fingerprint density at radius 2 is 1.86 bits per heavy atom. The van der Waals surface area contributed by atoms with Gasteiger partial charge < -0.3 is 0 Å². The lowest BCUT2D eigenvalue weighted by atomic mass is 9.80. The second kappa shape index (κ2) is 3.42. The van der Waals surface area contributed by atoms with Crippen molar-refractivity contribution in [3.05, 3.63) is 33.9 Å². The topological polar surface area (TPSA) is 0 Å². The van der Waals surface area contributed by atoms with Gasteiger partial charge in [-0.15, -0.1) is 0 Å². The summed E-state index contributed by atoms with van der Waals surface area (Å²) in [6, 6.07) is 2.41. The Morgan fingerprint density at radius 1 is 1.14 bits per heavy atom. The van der Waals surface area contributed by atoms with E-state index < -0.39 is 0 Å². The lowest BCUT2D eigenvalue weighted by Crippen LogP contribution is -2.13. The van der Waals surface area contributed by atoms with Crippen LogP contribution in [0.15, 0.2) is 6.07 Å². The summed E-state index contributed by atoms with van der Waals surface area (Å²) in [6.45, 7) is 9.15. The number of hydrogen-bond acceptors (Lipinski definition) is 0. The van der Waals surface area contributed by atoms with Crippen LogP contribution in [0.25, 0.3) is 0 Å². The molecule has 1 atom stereocenters. The van der Waals surface area contributed by atoms with E-state index in [2.05, 4.69) is 33.8 Å². The quantitative estimate of drug-likeness (QED) is 0.582. The first kappa shape index (κ1) is 9.76. The van der Waals surface area contributed by atoms with E-state index >= 15 is 0 Å². The van der Waals surface area contributed by atoms with Gasteiger partial charge in [0.15, 0.2) is 0 Å². The van der Waals surface area contributed by atoms with Crippen LogP contribution >= 0.6 is 0 Å². The van der Waals surface area contributed by atoms with E-state index in [1.54, 1.807) is 16.7 Å². The van der Waals surface area contributed by atoms with Gasteiger partial charge in [0.05, 0.1) is 0 Å². The van der Waals surface area contributed by atoms with Crippen LogP contribution < -0.4 is 0 Å². The Labute approximate surface area is 87.3 Å². The molecule has 0 aliphatic heterocycles. The third-order valence-electron chi connectivity index (χ3n) is 3.84. The van der Waals surface area contributed by atoms with Crippen molar-refractivity contribution in [2.45, 2.75) is 47.0 Å². The highest BCUT2D eigenvalue weighted by atomic mass is 14.2. The summed E-state index contributed by atoms with van der Waals surface area (Å²) in [5, 5.41) is 0. The molecule has 1 unspecified atom stereocenters. The summed E-state index contributed by atoms with van der Waals surface area (Å²) in [5.74, 6) is 0.879. The van der Waals surface area contributed by atoms with Crippen LogP contribution in [-0.4, -0.2) is 0 Å². The van der Waals surface area contributed by atoms with Gasteiger partial charge in [-0.1, -0.05) is 13.0 Å². The van der Waals surface area contributed by atoms with E-state index in [4.69, 9.17) is 0 Å². The highest BCUT2D eigenvalue weighted by Gasteiger charge is 2.18. The minimum atomic E-state index is 0.879. The number of hydrogen-bond donors (Lipinski definition) is 0. The van der Waals surface area contributed by atoms with Crippen molar-refractivity contribution in [1.82, 2.24) is 0 Å². The van der Waals surface area contributed by atoms with Crippen LogP contribution in [-0.2, 0) is 12.8 Å². The highest BCUT2D eigenvalue weighted by molar-refractivity contribution is 5.45. The largest absolute Gasteiger partial charge is 0.0622 e. The zero-order valence-corrected chi connectivity index (χ0v) is 9.78. The Morgan fingerprint density at radius 3 is 2.57 bits per heavy atom. The first-order valence-electron chi connectivity index (χ1n) is 5.68. The average molecular weight is 188 g/mol. The van der Waals surface area contributed by atoms with Crippen LogP contribution in [0.5, 0.6) is 0 Å². The number of aryl methyl sites for hydroxylation is 1. The molecule has 0 saturated carbocycles. The normalized spacial score (nSPS) is 20.7. The molecule has 0 heterocycles. The maximum absolute atomic E-state index is 2.41. The molecule has 0 aromatic heterocycles. The molecule has 1 aromatic rings. The van der Waals surface area contributed by atoms with Crippen molar-refractivity contribution in [1.29, 1.82) is 0 Å². The molecule has 0 amide bonds. The highest BCUT2D eigenvalue weighted by Crippen LogP contribution is 2.30. The van der Waals surface area contributed by atoms with Crippen molar-refractivity contribution in [3.8, 4) is 0 Å². The van der Waals surface area contributed by atoms with Gasteiger partial charge >= 0.3 is 0 Å². The summed E-state index contributed by atoms with van der Waals surface area (Å²) in [4.78, 5) is 0. The lowest BCUT2D eigenvalue weighted by Gasteiger charge is -2.25. The van der Waals surface area contributed by atoms with E-state index in [-0.39, 0.29) is 0 Å². The predicted octanol–water partition coefficient (Wildman–Crippen LogP) is 3.74. The zero-order valence-electron chi connectivity index (χ0n) is 9.78. The molecule has 14 heavy (non-hydrogen) atoms. The lowest BCUT2D eigenvalue weighted by molar-refractivity contribution is 0.499. The summed E-state index contributed by atoms with van der Waals surface area (Å²) < 4.78 is 0. The second-order valence-electron chi connectivity index (χ2n) is 4.93. The van der Waals surface area contributed by atoms with E-state index in [1.165, 1.54) is 30.4 Å². The first-order valence-corrected chi connectivity index (χ1v) is 5.68. The van der Waals surface area contributed by atoms with Crippen LogP contribution in [0, 0.1) is 26.7 Å². The van der Waals surface area contributed by atoms with Crippen molar-refractivity contribution in [2.24, 2.45) is 5.92 Å². The van der Waals surface area contributed by atoms with Crippen LogP contribution in [0.3, 0.4) is 0 Å². The molecule has 0 radical (unpaired) electrons. The fraction of sp³-hybridized carbons (Fsp3) is 0.571. The van der Waals surface area contributed by atoms with Gasteiger partial charge in [-0.25, -0.2) is 0 Å². The summed E-state index contributed by atoms with van der Waals surface area (Å²) in [5.41, 5.74) is 7.77. The smallest absolute Gasteiger partial charge is 0.0250 e. The number of rotatable bonds is 0. The zero-order chi connectivity index (χ0) is 10.3. The van der Waals surface area contributed by atoms with Gasteiger partial charge in [-0.05, 0) is 73.8 Å². The SMILES string of the molecule is Cc1cc2c(c(C)c1C)CCC(C)C2. The molecular formula is C14H20. The van der Waals surface area contributed by atoms with Gasteiger partial charge in [0, 0.05) is 0 Å². The predicted molar refractivity (Wildman–Crippen MR) is 61.8 cm³/mol. The average Bonchev–Trinajstić information content (AvgIpc) is 2.14. The third kappa shape index (κ3) is 1.47. The summed E-state index contributed by atoms with van der Waals surface area (Å²) in [6.07, 6.45) is 3.96. The standard InChI is InChI=1S/C14H20/c1-9-5-6-14-12(4)11(3)10(2)8-13(14)7-9/h8-9H,5-7H2,1-4H3. The molecule has 0 bridgehead atoms. The Kier molecular flexibility index (Phi) is 2.38. The summed E-state index contributed by atoms with van der Waals surface area (Å²) >= 11 is 0. The molecule has 2 rings (SSSR count). The van der Waals surface area contributed by atoms with Crippen molar-refractivity contribution < 1.29 is 0 Å². The number of benzene rings is 1. The van der Waals surface area contributed by atoms with Crippen LogP contribution in [0.4, 0.5) is 0 Å². The molecule has 0 N–H and O–H groups in total. The second-order valence-corrected chi connectivity index (χ2v) is 4.93. The van der Waals surface area contributed by atoms with Gasteiger partial charge in [-0.2, -0.15) is 0 Å². The Hall–Kier alpha value is -0.780. The molecular weight excluding hydrogens is 168 g/mol. The van der Waals surface area contributed by atoms with E-state index in [1.807, 2.05) is 0 Å². The number of fused-ring (bicyclic) bond motifs is 1. The molecule has 0 spiro atoms. The van der Waals surface area contributed by atoms with Gasteiger partial charge in [0.2, 0.25) is 0 Å². The molecule has 1 aliphatic rings. The van der Waals surface area contributed by atoms with Gasteiger partial charge in [0.25, 0.3) is 0 Å². The van der Waals surface area contributed by atoms with Crippen molar-refractivity contribution in [2.75, 3.05) is 0 Å². The minimum Gasteiger partial charge on any atom is -0.0622 e.